The Labute approximate surface area is 77.2 Å². The van der Waals surface area contributed by atoms with Crippen LogP contribution < -0.4 is 5.73 Å². The van der Waals surface area contributed by atoms with Gasteiger partial charge in [-0.15, -0.1) is 0 Å². The SMILES string of the molecule is CCN(C)C(=O)Cn1cnc(N)c1. The lowest BCUT2D eigenvalue weighted by molar-refractivity contribution is -0.130. The van der Waals surface area contributed by atoms with E-state index in [9.17, 15) is 4.79 Å². The predicted octanol–water partition coefficient (Wildman–Crippen LogP) is -0.0564. The Morgan fingerprint density at radius 3 is 2.92 bits per heavy atom. The molecule has 0 unspecified atom stereocenters. The van der Waals surface area contributed by atoms with Gasteiger partial charge in [-0.25, -0.2) is 4.98 Å². The minimum Gasteiger partial charge on any atom is -0.382 e. The first-order chi connectivity index (χ1) is 6.13. The number of imidazole rings is 1. The van der Waals surface area contributed by atoms with E-state index >= 15 is 0 Å². The quantitative estimate of drug-likeness (QED) is 0.712. The molecule has 0 fully saturated rings. The summed E-state index contributed by atoms with van der Waals surface area (Å²) in [6.07, 6.45) is 3.19. The minimum absolute atomic E-state index is 0.0555. The molecule has 5 heteroatoms. The van der Waals surface area contributed by atoms with Gasteiger partial charge in [-0.05, 0) is 6.92 Å². The van der Waals surface area contributed by atoms with Gasteiger partial charge in [0.15, 0.2) is 0 Å². The zero-order valence-electron chi connectivity index (χ0n) is 7.90. The fourth-order valence-corrected chi connectivity index (χ4v) is 0.917. The Kier molecular flexibility index (Phi) is 2.89. The average Bonchev–Trinajstić information content (AvgIpc) is 2.49. The third-order valence-corrected chi connectivity index (χ3v) is 1.87. The second kappa shape index (κ2) is 3.93. The van der Waals surface area contributed by atoms with Crippen LogP contribution in [0.1, 0.15) is 6.92 Å². The molecule has 13 heavy (non-hydrogen) atoms. The van der Waals surface area contributed by atoms with Crippen molar-refractivity contribution in [2.45, 2.75) is 13.5 Å². The number of nitrogens with two attached hydrogens (primary N) is 1. The zero-order valence-corrected chi connectivity index (χ0v) is 7.90. The van der Waals surface area contributed by atoms with E-state index in [1.54, 1.807) is 29.0 Å². The van der Waals surface area contributed by atoms with Crippen molar-refractivity contribution in [1.82, 2.24) is 14.5 Å². The molecule has 72 valence electrons. The van der Waals surface area contributed by atoms with E-state index < -0.39 is 0 Å². The average molecular weight is 182 g/mol. The molecule has 0 aliphatic carbocycles. The van der Waals surface area contributed by atoms with Gasteiger partial charge in [-0.2, -0.15) is 0 Å². The highest BCUT2D eigenvalue weighted by atomic mass is 16.2. The summed E-state index contributed by atoms with van der Waals surface area (Å²) in [7, 11) is 1.77. The zero-order chi connectivity index (χ0) is 9.84. The first-order valence-corrected chi connectivity index (χ1v) is 4.14. The lowest BCUT2D eigenvalue weighted by Gasteiger charge is -2.14. The summed E-state index contributed by atoms with van der Waals surface area (Å²) >= 11 is 0. The van der Waals surface area contributed by atoms with Gasteiger partial charge < -0.3 is 15.2 Å². The Bertz CT molecular complexity index is 294. The van der Waals surface area contributed by atoms with Crippen molar-refractivity contribution >= 4 is 11.7 Å². The number of hydrogen-bond acceptors (Lipinski definition) is 3. The molecule has 2 N–H and O–H groups in total. The van der Waals surface area contributed by atoms with E-state index in [4.69, 9.17) is 5.73 Å². The lowest BCUT2D eigenvalue weighted by Crippen LogP contribution is -2.29. The first kappa shape index (κ1) is 9.57. The summed E-state index contributed by atoms with van der Waals surface area (Å²) in [6.45, 7) is 2.94. The van der Waals surface area contributed by atoms with Crippen LogP contribution in [0, 0.1) is 0 Å². The van der Waals surface area contributed by atoms with Gasteiger partial charge in [-0.3, -0.25) is 4.79 Å². The Hall–Kier alpha value is -1.52. The van der Waals surface area contributed by atoms with E-state index in [1.807, 2.05) is 6.92 Å². The summed E-state index contributed by atoms with van der Waals surface area (Å²) < 4.78 is 1.67. The third kappa shape index (κ3) is 2.47. The number of likely N-dealkylation sites (N-methyl/N-ethyl adjacent to an activating group) is 1. The highest BCUT2D eigenvalue weighted by Gasteiger charge is 2.06. The van der Waals surface area contributed by atoms with Crippen LogP contribution in [0.2, 0.25) is 0 Å². The third-order valence-electron chi connectivity index (χ3n) is 1.87. The summed E-state index contributed by atoms with van der Waals surface area (Å²) in [5, 5.41) is 0. The van der Waals surface area contributed by atoms with Gasteiger partial charge in [0, 0.05) is 19.8 Å². The molecule has 0 aromatic carbocycles. The molecule has 1 heterocycles. The highest BCUT2D eigenvalue weighted by Crippen LogP contribution is 1.97. The Balaban J connectivity index is 2.54. The fourth-order valence-electron chi connectivity index (χ4n) is 0.917. The second-order valence-corrected chi connectivity index (χ2v) is 2.88. The van der Waals surface area contributed by atoms with Crippen LogP contribution in [0.5, 0.6) is 0 Å². The molecule has 5 nitrogen and oxygen atoms in total. The summed E-state index contributed by atoms with van der Waals surface area (Å²) in [6, 6.07) is 0. The van der Waals surface area contributed by atoms with Crippen LogP contribution >= 0.6 is 0 Å². The number of nitrogen functional groups attached to an aromatic ring is 1. The molecule has 0 saturated heterocycles. The smallest absolute Gasteiger partial charge is 0.242 e. The number of carbonyl (C=O) groups is 1. The van der Waals surface area contributed by atoms with Gasteiger partial charge in [0.2, 0.25) is 5.91 Å². The maximum atomic E-state index is 11.4. The molecular formula is C8H14N4O. The van der Waals surface area contributed by atoms with Crippen molar-refractivity contribution in [2.24, 2.45) is 0 Å². The standard InChI is InChI=1S/C8H14N4O/c1-3-11(2)8(13)5-12-4-7(9)10-6-12/h4,6H,3,5,9H2,1-2H3. The van der Waals surface area contributed by atoms with Crippen LogP contribution in [0.15, 0.2) is 12.5 Å². The number of anilines is 1. The number of hydrogen-bond donors (Lipinski definition) is 1. The van der Waals surface area contributed by atoms with E-state index in [-0.39, 0.29) is 5.91 Å². The molecule has 1 aromatic heterocycles. The van der Waals surface area contributed by atoms with Gasteiger partial charge in [0.05, 0.1) is 6.33 Å². The molecule has 0 atom stereocenters. The number of aromatic nitrogens is 2. The molecule has 0 radical (unpaired) electrons. The molecule has 0 bridgehead atoms. The van der Waals surface area contributed by atoms with Gasteiger partial charge in [-0.1, -0.05) is 0 Å². The second-order valence-electron chi connectivity index (χ2n) is 2.88. The van der Waals surface area contributed by atoms with E-state index in [1.165, 1.54) is 0 Å². The van der Waals surface area contributed by atoms with Crippen molar-refractivity contribution in [3.63, 3.8) is 0 Å². The number of nitrogens with zero attached hydrogens (tertiary/aromatic N) is 3. The van der Waals surface area contributed by atoms with E-state index in [2.05, 4.69) is 4.98 Å². The summed E-state index contributed by atoms with van der Waals surface area (Å²) in [5.74, 6) is 0.492. The fraction of sp³-hybridized carbons (Fsp3) is 0.500. The predicted molar refractivity (Wildman–Crippen MR) is 50.0 cm³/mol. The maximum Gasteiger partial charge on any atom is 0.242 e. The van der Waals surface area contributed by atoms with Crippen LogP contribution in [0.25, 0.3) is 0 Å². The van der Waals surface area contributed by atoms with Crippen LogP contribution in [0.3, 0.4) is 0 Å². The molecule has 1 aromatic rings. The topological polar surface area (TPSA) is 64.2 Å². The molecule has 0 aliphatic heterocycles. The maximum absolute atomic E-state index is 11.4. The molecular weight excluding hydrogens is 168 g/mol. The largest absolute Gasteiger partial charge is 0.382 e. The minimum atomic E-state index is 0.0555. The molecule has 0 spiro atoms. The van der Waals surface area contributed by atoms with Gasteiger partial charge in [0.1, 0.15) is 12.4 Å². The number of amides is 1. The van der Waals surface area contributed by atoms with E-state index in [0.29, 0.717) is 18.9 Å². The van der Waals surface area contributed by atoms with E-state index in [0.717, 1.165) is 0 Å². The summed E-state index contributed by atoms with van der Waals surface area (Å²) in [4.78, 5) is 16.9. The van der Waals surface area contributed by atoms with Gasteiger partial charge >= 0.3 is 0 Å². The molecule has 0 saturated carbocycles. The summed E-state index contributed by atoms with van der Waals surface area (Å²) in [5.41, 5.74) is 5.41. The monoisotopic (exact) mass is 182 g/mol. The number of rotatable bonds is 3. The van der Waals surface area contributed by atoms with Crippen molar-refractivity contribution in [3.8, 4) is 0 Å². The van der Waals surface area contributed by atoms with Crippen molar-refractivity contribution in [1.29, 1.82) is 0 Å². The number of carbonyl (C=O) groups excluding carboxylic acids is 1. The molecule has 1 rings (SSSR count). The highest BCUT2D eigenvalue weighted by molar-refractivity contribution is 5.75. The van der Waals surface area contributed by atoms with Crippen molar-refractivity contribution in [2.75, 3.05) is 19.3 Å². The van der Waals surface area contributed by atoms with Crippen LogP contribution in [-0.4, -0.2) is 34.0 Å². The van der Waals surface area contributed by atoms with Crippen LogP contribution in [-0.2, 0) is 11.3 Å². The first-order valence-electron chi connectivity index (χ1n) is 4.14. The normalized spacial score (nSPS) is 10.0. The molecule has 0 aliphatic rings. The van der Waals surface area contributed by atoms with Gasteiger partial charge in [0.25, 0.3) is 0 Å². The Morgan fingerprint density at radius 1 is 1.77 bits per heavy atom. The lowest BCUT2D eigenvalue weighted by atomic mass is 10.5. The van der Waals surface area contributed by atoms with Crippen molar-refractivity contribution in [3.05, 3.63) is 12.5 Å². The van der Waals surface area contributed by atoms with Crippen molar-refractivity contribution < 1.29 is 4.79 Å². The molecule has 1 amide bonds. The van der Waals surface area contributed by atoms with Crippen LogP contribution in [0.4, 0.5) is 5.82 Å². The Morgan fingerprint density at radius 2 is 2.46 bits per heavy atom.